The Labute approximate surface area is 294 Å². The molecule has 51 heavy (non-hydrogen) atoms. The van der Waals surface area contributed by atoms with E-state index in [2.05, 4.69) is 15.1 Å². The van der Waals surface area contributed by atoms with Crippen LogP contribution < -0.4 is 4.90 Å². The maximum atomic E-state index is 16.3. The van der Waals surface area contributed by atoms with Crippen LogP contribution >= 0.6 is 0 Å². The molecule has 278 valence electrons. The number of hydrogen-bond acceptors (Lipinski definition) is 8. The number of halogens is 5. The second-order valence-electron chi connectivity index (χ2n) is 14.5. The highest BCUT2D eigenvalue weighted by Crippen LogP contribution is 2.45. The van der Waals surface area contributed by atoms with Crippen LogP contribution in [0.5, 0.6) is 0 Å². The summed E-state index contributed by atoms with van der Waals surface area (Å²) in [5.74, 6) is -3.38. The summed E-state index contributed by atoms with van der Waals surface area (Å²) in [6.45, 7) is 19.4. The lowest BCUT2D eigenvalue weighted by molar-refractivity contribution is -0.272. The fourth-order valence-corrected chi connectivity index (χ4v) is 6.56. The van der Waals surface area contributed by atoms with Crippen molar-refractivity contribution in [3.8, 4) is 22.9 Å². The van der Waals surface area contributed by atoms with Crippen molar-refractivity contribution in [2.75, 3.05) is 26.0 Å². The third kappa shape index (κ3) is 5.77. The van der Waals surface area contributed by atoms with Crippen LogP contribution in [0.25, 0.3) is 22.9 Å². The normalized spacial score (nSPS) is 13.8. The van der Waals surface area contributed by atoms with Gasteiger partial charge in [-0.3, -0.25) is 9.48 Å². The number of nitrogens with zero attached hydrogens (tertiary/aromatic N) is 7. The first kappa shape index (κ1) is 39.4. The molecule has 0 saturated carbocycles. The number of hydrogen-bond donors (Lipinski definition) is 1. The molecule has 0 aliphatic rings. The summed E-state index contributed by atoms with van der Waals surface area (Å²) in [5.41, 5.74) is -2.48. The van der Waals surface area contributed by atoms with Crippen molar-refractivity contribution < 1.29 is 36.4 Å². The van der Waals surface area contributed by atoms with Crippen LogP contribution in [0.1, 0.15) is 78.1 Å². The molecule has 1 aromatic carbocycles. The van der Waals surface area contributed by atoms with Gasteiger partial charge in [-0.05, 0) is 105 Å². The molecule has 0 radical (unpaired) electrons. The molecular weight excluding hydrogens is 673 g/mol. The minimum Gasteiger partial charge on any atom is -0.371 e. The van der Waals surface area contributed by atoms with Gasteiger partial charge in [-0.1, -0.05) is 5.16 Å². The molecule has 3 aromatic heterocycles. The van der Waals surface area contributed by atoms with Gasteiger partial charge >= 0.3 is 6.18 Å². The van der Waals surface area contributed by atoms with E-state index in [-0.39, 0.29) is 17.2 Å². The zero-order valence-corrected chi connectivity index (χ0v) is 31.8. The first-order valence-corrected chi connectivity index (χ1v) is 16.3. The standard InChI is InChI=1S/C36H46F5N7O3/c1-16-17(2)19(4)25(37)24(18(16)3)33(9,10)48-29(27-20(5)23(8)51-45-27)21(6)28(44-48)30-42-22(7)26(38)31(43-30)47(15)34(11,12)35(50,36(39,40)41)32(49)46(13)14/h50H,1-15H3/t35-/m0/s1. The number of aryl methyl sites for hydroxylation is 2. The Morgan fingerprint density at radius 1 is 0.765 bits per heavy atom. The number of aliphatic hydroxyl groups is 1. The number of carbonyl (C=O) groups is 1. The predicted molar refractivity (Wildman–Crippen MR) is 184 cm³/mol. The van der Waals surface area contributed by atoms with Gasteiger partial charge in [0.25, 0.3) is 11.5 Å². The lowest BCUT2D eigenvalue weighted by atomic mass is 9.79. The van der Waals surface area contributed by atoms with Crippen LogP contribution in [0.4, 0.5) is 27.8 Å². The molecule has 0 unspecified atom stereocenters. The van der Waals surface area contributed by atoms with Crippen molar-refractivity contribution in [2.24, 2.45) is 0 Å². The van der Waals surface area contributed by atoms with Gasteiger partial charge in [0.15, 0.2) is 17.5 Å². The molecule has 3 heterocycles. The quantitative estimate of drug-likeness (QED) is 0.192. The number of carbonyl (C=O) groups excluding carboxylic acids is 1. The third-order valence-electron chi connectivity index (χ3n) is 10.6. The fraction of sp³-hybridized carbons (Fsp3) is 0.528. The van der Waals surface area contributed by atoms with Gasteiger partial charge in [0, 0.05) is 37.8 Å². The van der Waals surface area contributed by atoms with Crippen LogP contribution in [-0.2, 0) is 10.3 Å². The summed E-state index contributed by atoms with van der Waals surface area (Å²) in [6.07, 6.45) is -5.46. The van der Waals surface area contributed by atoms with Gasteiger partial charge in [0.05, 0.1) is 22.5 Å². The number of anilines is 1. The Morgan fingerprint density at radius 2 is 1.31 bits per heavy atom. The van der Waals surface area contributed by atoms with E-state index in [1.54, 1.807) is 46.2 Å². The first-order valence-electron chi connectivity index (χ1n) is 16.3. The minimum absolute atomic E-state index is 0.114. The van der Waals surface area contributed by atoms with E-state index >= 15 is 8.78 Å². The number of benzene rings is 1. The molecular formula is C36H46F5N7O3. The maximum Gasteiger partial charge on any atom is 0.428 e. The maximum absolute atomic E-state index is 16.3. The molecule has 1 N–H and O–H groups in total. The number of rotatable bonds is 8. The van der Waals surface area contributed by atoms with Crippen LogP contribution in [0.3, 0.4) is 0 Å². The van der Waals surface area contributed by atoms with E-state index in [0.717, 1.165) is 56.6 Å². The second kappa shape index (κ2) is 12.7. The van der Waals surface area contributed by atoms with Gasteiger partial charge in [0.1, 0.15) is 23.0 Å². The topological polar surface area (TPSA) is 113 Å². The van der Waals surface area contributed by atoms with Gasteiger partial charge in [-0.2, -0.15) is 18.3 Å². The highest BCUT2D eigenvalue weighted by Gasteiger charge is 2.70. The van der Waals surface area contributed by atoms with Crippen LogP contribution in [0, 0.1) is 67.0 Å². The molecule has 4 rings (SSSR count). The molecule has 0 fully saturated rings. The summed E-state index contributed by atoms with van der Waals surface area (Å²) in [4.78, 5) is 23.1. The molecule has 10 nitrogen and oxygen atoms in total. The molecule has 4 aromatic rings. The van der Waals surface area contributed by atoms with E-state index in [1.807, 2.05) is 20.8 Å². The van der Waals surface area contributed by atoms with E-state index < -0.39 is 46.2 Å². The summed E-state index contributed by atoms with van der Waals surface area (Å²) in [5, 5.41) is 20.3. The number of aromatic nitrogens is 5. The third-order valence-corrected chi connectivity index (χ3v) is 10.6. The molecule has 1 atom stereocenters. The van der Waals surface area contributed by atoms with Gasteiger partial charge in [-0.15, -0.1) is 0 Å². The summed E-state index contributed by atoms with van der Waals surface area (Å²) in [7, 11) is 3.25. The lowest BCUT2D eigenvalue weighted by Gasteiger charge is -2.48. The Morgan fingerprint density at radius 3 is 1.80 bits per heavy atom. The summed E-state index contributed by atoms with van der Waals surface area (Å²) >= 11 is 0. The average Bonchev–Trinajstić information content (AvgIpc) is 3.55. The average molecular weight is 720 g/mol. The monoisotopic (exact) mass is 719 g/mol. The fourth-order valence-electron chi connectivity index (χ4n) is 6.56. The van der Waals surface area contributed by atoms with Crippen molar-refractivity contribution in [1.82, 2.24) is 29.8 Å². The van der Waals surface area contributed by atoms with Crippen molar-refractivity contribution in [2.45, 2.75) is 106 Å². The van der Waals surface area contributed by atoms with Crippen molar-refractivity contribution in [3.05, 3.63) is 62.0 Å². The minimum atomic E-state index is -5.46. The van der Waals surface area contributed by atoms with Crippen LogP contribution in [-0.4, -0.2) is 79.3 Å². The Balaban J connectivity index is 2.07. The van der Waals surface area contributed by atoms with Crippen molar-refractivity contribution in [3.63, 3.8) is 0 Å². The first-order chi connectivity index (χ1) is 23.2. The highest BCUT2D eigenvalue weighted by molar-refractivity contribution is 5.88. The van der Waals surface area contributed by atoms with E-state index in [1.165, 1.54) is 6.92 Å². The van der Waals surface area contributed by atoms with Gasteiger partial charge in [0.2, 0.25) is 0 Å². The van der Waals surface area contributed by atoms with E-state index in [0.29, 0.717) is 44.3 Å². The van der Waals surface area contributed by atoms with Gasteiger partial charge in [-0.25, -0.2) is 18.7 Å². The lowest BCUT2D eigenvalue weighted by Crippen LogP contribution is -2.73. The highest BCUT2D eigenvalue weighted by atomic mass is 19.4. The number of likely N-dealkylation sites (N-methyl/N-ethyl adjacent to an activating group) is 2. The Hall–Kier alpha value is -4.40. The van der Waals surface area contributed by atoms with Crippen molar-refractivity contribution >= 4 is 11.7 Å². The molecule has 1 amide bonds. The van der Waals surface area contributed by atoms with Crippen LogP contribution in [0.2, 0.25) is 0 Å². The Bertz CT molecular complexity index is 2020. The van der Waals surface area contributed by atoms with E-state index in [4.69, 9.17) is 9.62 Å². The Kier molecular flexibility index (Phi) is 9.79. The molecule has 15 heteroatoms. The summed E-state index contributed by atoms with van der Waals surface area (Å²) in [6, 6.07) is 0. The van der Waals surface area contributed by atoms with Gasteiger partial charge < -0.3 is 19.4 Å². The molecule has 0 aliphatic carbocycles. The number of alkyl halides is 3. The van der Waals surface area contributed by atoms with Crippen molar-refractivity contribution in [1.29, 1.82) is 0 Å². The largest absolute Gasteiger partial charge is 0.428 e. The zero-order chi connectivity index (χ0) is 39.1. The number of amides is 1. The smallest absolute Gasteiger partial charge is 0.371 e. The van der Waals surface area contributed by atoms with E-state index in [9.17, 15) is 23.1 Å². The molecule has 0 aliphatic heterocycles. The van der Waals surface area contributed by atoms with Crippen LogP contribution in [0.15, 0.2) is 4.52 Å². The molecule has 0 saturated heterocycles. The molecule has 0 spiro atoms. The SMILES string of the molecule is Cc1nc(-c2nn(C(C)(C)c3c(C)c(C)c(C)c(C)c3F)c(-c3noc(C)c3C)c2C)nc(N(C)C(C)(C)[C@@](O)(C(=O)N(C)C)C(F)(F)F)c1F. The second-order valence-corrected chi connectivity index (χ2v) is 14.5. The molecule has 0 bridgehead atoms. The zero-order valence-electron chi connectivity index (χ0n) is 31.8. The predicted octanol–water partition coefficient (Wildman–Crippen LogP) is 7.12. The summed E-state index contributed by atoms with van der Waals surface area (Å²) < 4.78 is 83.1.